The normalized spacial score (nSPS) is 16.1. The van der Waals surface area contributed by atoms with Crippen LogP contribution >= 0.6 is 34.9 Å². The van der Waals surface area contributed by atoms with Crippen LogP contribution in [0, 0.1) is 0 Å². The van der Waals surface area contributed by atoms with Gasteiger partial charge in [-0.25, -0.2) is 9.78 Å². The predicted octanol–water partition coefficient (Wildman–Crippen LogP) is 6.06. The van der Waals surface area contributed by atoms with Crippen molar-refractivity contribution in [1.29, 1.82) is 0 Å². The van der Waals surface area contributed by atoms with Gasteiger partial charge in [0.2, 0.25) is 5.12 Å². The fourth-order valence-electron chi connectivity index (χ4n) is 7.03. The van der Waals surface area contributed by atoms with E-state index in [1.165, 1.54) is 55.3 Å². The van der Waals surface area contributed by atoms with E-state index in [9.17, 15) is 33.9 Å². The number of nitrogens with one attached hydrogen (secondary N) is 2. The van der Waals surface area contributed by atoms with Crippen molar-refractivity contribution in [3.8, 4) is 11.5 Å². The number of carbonyl (C=O) groups is 6. The standard InChI is InChI=1S/C44H37N5O10S3/c1-25(50)58-33-20-19-27(21-34(33)59-26(2)51)42(56)61-23-28-22-60-40-36(39(53)49(40)37(28)41(54)55)46-38(52)35(48-57-3)32-24-62-43(45-32)47-44(29-13-7-4-8-14-29,30-15-9-5-10-16-30)31-17-11-6-12-18-31/h4-21,24,36,40H,22-23H2,1-3H3,(H,45,47)(H,46,52)(H,54,55)/t36-,40-/m1/s1. The zero-order chi connectivity index (χ0) is 44.0. The number of hydrogen-bond donors (Lipinski definition) is 3. The first-order chi connectivity index (χ1) is 29.9. The average Bonchev–Trinajstić information content (AvgIpc) is 3.74. The van der Waals surface area contributed by atoms with Crippen molar-refractivity contribution in [3.63, 3.8) is 0 Å². The van der Waals surface area contributed by atoms with Crippen LogP contribution < -0.4 is 20.1 Å². The van der Waals surface area contributed by atoms with E-state index in [1.807, 2.05) is 91.0 Å². The Labute approximate surface area is 367 Å². The van der Waals surface area contributed by atoms with Gasteiger partial charge in [-0.1, -0.05) is 108 Å². The Hall–Kier alpha value is -6.76. The number of thioether (sulfide) groups is 2. The summed E-state index contributed by atoms with van der Waals surface area (Å²) in [5.74, 6) is -4.29. The number of thiazole rings is 1. The molecule has 3 heterocycles. The van der Waals surface area contributed by atoms with Gasteiger partial charge in [0.15, 0.2) is 22.3 Å². The van der Waals surface area contributed by atoms with Crippen LogP contribution in [0.1, 0.15) is 46.6 Å². The van der Waals surface area contributed by atoms with Gasteiger partial charge in [-0.3, -0.25) is 28.9 Å². The first-order valence-corrected chi connectivity index (χ1v) is 21.7. The Bertz CT molecular complexity index is 2510. The molecular weight excluding hydrogens is 855 g/mol. The van der Waals surface area contributed by atoms with Gasteiger partial charge in [0.25, 0.3) is 11.8 Å². The van der Waals surface area contributed by atoms with Gasteiger partial charge in [-0.2, -0.15) is 0 Å². The van der Waals surface area contributed by atoms with Gasteiger partial charge in [0.05, 0.1) is 0 Å². The number of benzene rings is 4. The Balaban J connectivity index is 1.07. The van der Waals surface area contributed by atoms with Crippen molar-refractivity contribution < 1.29 is 48.2 Å². The topological polar surface area (TPSA) is 203 Å². The molecule has 316 valence electrons. The number of rotatable bonds is 15. The van der Waals surface area contributed by atoms with Crippen LogP contribution in [0.25, 0.3) is 0 Å². The van der Waals surface area contributed by atoms with E-state index in [0.29, 0.717) is 10.7 Å². The van der Waals surface area contributed by atoms with E-state index in [4.69, 9.17) is 19.3 Å². The van der Waals surface area contributed by atoms with Crippen molar-refractivity contribution in [2.24, 2.45) is 5.16 Å². The molecule has 15 nitrogen and oxygen atoms in total. The molecule has 1 saturated heterocycles. The maximum Gasteiger partial charge on any atom is 0.352 e. The Morgan fingerprint density at radius 3 is 2.00 bits per heavy atom. The molecule has 0 bridgehead atoms. The lowest BCUT2D eigenvalue weighted by Gasteiger charge is -2.49. The lowest BCUT2D eigenvalue weighted by molar-refractivity contribution is -0.150. The summed E-state index contributed by atoms with van der Waals surface area (Å²) < 4.78 is 10.2. The molecule has 0 spiro atoms. The molecule has 7 rings (SSSR count). The lowest BCUT2D eigenvalue weighted by atomic mass is 9.77. The third kappa shape index (κ3) is 8.97. The largest absolute Gasteiger partial charge is 0.477 e. The predicted molar refractivity (Wildman–Crippen MR) is 234 cm³/mol. The minimum Gasteiger partial charge on any atom is -0.477 e. The SMILES string of the molecule is CON=C(C(=O)N[C@@H]1C(=O)N2C(C(=O)O)=C(CSC(=O)c3ccc(OC(C)=O)c(OC(C)=O)c3)CS[C@H]12)c1csc(NC(c2ccccc2)(c2ccccc2)c2ccccc2)n1. The number of oxime groups is 1. The van der Waals surface area contributed by atoms with Crippen molar-refractivity contribution in [2.45, 2.75) is 30.8 Å². The number of carbonyl (C=O) groups excluding carboxylic acids is 5. The first kappa shape index (κ1) is 43.3. The van der Waals surface area contributed by atoms with E-state index < -0.39 is 51.8 Å². The number of hydrogen-bond acceptors (Lipinski definition) is 15. The summed E-state index contributed by atoms with van der Waals surface area (Å²) in [6.45, 7) is 2.32. The number of amides is 2. The zero-order valence-corrected chi connectivity index (χ0v) is 35.7. The molecule has 0 radical (unpaired) electrons. The number of carboxylic acid groups (broad SMARTS) is 1. The van der Waals surface area contributed by atoms with Gasteiger partial charge in [-0.05, 0) is 40.5 Å². The second-order valence-corrected chi connectivity index (χ2v) is 16.6. The lowest BCUT2D eigenvalue weighted by Crippen LogP contribution is -2.71. The fourth-order valence-corrected chi connectivity index (χ4v) is 10.1. The summed E-state index contributed by atoms with van der Waals surface area (Å²) in [5.41, 5.74) is 2.05. The molecule has 1 aromatic heterocycles. The molecule has 2 atom stereocenters. The average molecular weight is 892 g/mol. The second-order valence-electron chi connectivity index (χ2n) is 13.7. The third-order valence-electron chi connectivity index (χ3n) is 9.66. The highest BCUT2D eigenvalue weighted by Gasteiger charge is 2.54. The fraction of sp³-hybridized carbons (Fsp3) is 0.182. The highest BCUT2D eigenvalue weighted by atomic mass is 32.2. The molecule has 1 fully saturated rings. The summed E-state index contributed by atoms with van der Waals surface area (Å²) >= 11 is 3.26. The molecule has 0 aliphatic carbocycles. The summed E-state index contributed by atoms with van der Waals surface area (Å²) in [6.07, 6.45) is 0. The number of aliphatic carboxylic acids is 1. The summed E-state index contributed by atoms with van der Waals surface area (Å²) in [6, 6.07) is 32.6. The summed E-state index contributed by atoms with van der Waals surface area (Å²) in [4.78, 5) is 87.4. The number of aromatic nitrogens is 1. The maximum absolute atomic E-state index is 13.9. The van der Waals surface area contributed by atoms with Crippen LogP contribution in [0.5, 0.6) is 11.5 Å². The summed E-state index contributed by atoms with van der Waals surface area (Å²) in [7, 11) is 1.28. The molecule has 18 heteroatoms. The maximum atomic E-state index is 13.9. The molecule has 3 N–H and O–H groups in total. The molecule has 2 aliphatic rings. The van der Waals surface area contributed by atoms with Crippen LogP contribution in [0.4, 0.5) is 5.13 Å². The van der Waals surface area contributed by atoms with E-state index in [0.717, 1.165) is 40.3 Å². The first-order valence-electron chi connectivity index (χ1n) is 18.8. The number of nitrogens with zero attached hydrogens (tertiary/aromatic N) is 3. The van der Waals surface area contributed by atoms with Gasteiger partial charge in [-0.15, -0.1) is 23.1 Å². The number of ether oxygens (including phenoxy) is 2. The Morgan fingerprint density at radius 1 is 0.871 bits per heavy atom. The third-order valence-corrected chi connectivity index (χ3v) is 12.7. The molecule has 0 unspecified atom stereocenters. The van der Waals surface area contributed by atoms with E-state index >= 15 is 0 Å². The molecule has 62 heavy (non-hydrogen) atoms. The van der Waals surface area contributed by atoms with Crippen molar-refractivity contribution in [3.05, 3.63) is 154 Å². The van der Waals surface area contributed by atoms with Crippen LogP contribution in [0.2, 0.25) is 0 Å². The molecule has 0 saturated carbocycles. The van der Waals surface area contributed by atoms with E-state index in [1.54, 1.807) is 5.38 Å². The highest BCUT2D eigenvalue weighted by Crippen LogP contribution is 2.43. The van der Waals surface area contributed by atoms with Crippen LogP contribution in [0.3, 0.4) is 0 Å². The monoisotopic (exact) mass is 891 g/mol. The Kier molecular flexibility index (Phi) is 13.2. The molecule has 5 aromatic rings. The smallest absolute Gasteiger partial charge is 0.352 e. The van der Waals surface area contributed by atoms with Crippen LogP contribution in [-0.2, 0) is 34.3 Å². The number of β-lactam (4-membered cyclic amide) rings is 1. The zero-order valence-electron chi connectivity index (χ0n) is 33.2. The minimum atomic E-state index is -1.37. The van der Waals surface area contributed by atoms with Crippen molar-refractivity contribution >= 4 is 80.5 Å². The van der Waals surface area contributed by atoms with Crippen LogP contribution in [0.15, 0.2) is 131 Å². The minimum absolute atomic E-state index is 0.0562. The van der Waals surface area contributed by atoms with Crippen molar-refractivity contribution in [2.75, 3.05) is 23.9 Å². The Morgan fingerprint density at radius 2 is 1.45 bits per heavy atom. The molecular formula is C44H37N5O10S3. The quantitative estimate of drug-likeness (QED) is 0.0273. The molecule has 2 amide bonds. The number of fused-ring (bicyclic) bond motifs is 1. The van der Waals surface area contributed by atoms with Gasteiger partial charge < -0.3 is 30.1 Å². The van der Waals surface area contributed by atoms with Gasteiger partial charge >= 0.3 is 17.9 Å². The van der Waals surface area contributed by atoms with E-state index in [-0.39, 0.29) is 45.7 Å². The number of anilines is 1. The summed E-state index contributed by atoms with van der Waals surface area (Å²) in [5, 5.41) is 21.5. The highest BCUT2D eigenvalue weighted by molar-refractivity contribution is 8.14. The second kappa shape index (κ2) is 18.9. The molecule has 2 aliphatic heterocycles. The number of esters is 2. The van der Waals surface area contributed by atoms with E-state index in [2.05, 4.69) is 15.8 Å². The van der Waals surface area contributed by atoms with Gasteiger partial charge in [0.1, 0.15) is 35.5 Å². The van der Waals surface area contributed by atoms with Crippen LogP contribution in [-0.4, -0.2) is 85.6 Å². The molecule has 4 aromatic carbocycles. The number of carboxylic acids is 1. The van der Waals surface area contributed by atoms with Gasteiger partial charge in [0, 0.05) is 36.3 Å². The van der Waals surface area contributed by atoms with Crippen molar-refractivity contribution in [1.82, 2.24) is 15.2 Å².